The largest absolute Gasteiger partial charge is 0.504 e. The van der Waals surface area contributed by atoms with E-state index in [9.17, 15) is 15.3 Å². The summed E-state index contributed by atoms with van der Waals surface area (Å²) >= 11 is 1.41. The molecule has 0 aliphatic heterocycles. The van der Waals surface area contributed by atoms with Crippen LogP contribution in [0.3, 0.4) is 0 Å². The average Bonchev–Trinajstić information content (AvgIpc) is 2.86. The van der Waals surface area contributed by atoms with Crippen LogP contribution in [0.1, 0.15) is 32.1 Å². The minimum absolute atomic E-state index is 0.356. The predicted molar refractivity (Wildman–Crippen MR) is 84.0 cm³/mol. The first-order valence-electron chi connectivity index (χ1n) is 7.38. The van der Waals surface area contributed by atoms with Crippen LogP contribution >= 0.6 is 11.3 Å². The zero-order valence-electron chi connectivity index (χ0n) is 12.4. The van der Waals surface area contributed by atoms with Gasteiger partial charge in [0.15, 0.2) is 17.2 Å². The standard InChI is InChI=1S/C15H19N3O3S/c1-18-15(16-10-5-3-2-4-6-10)22-14(17-18)9-7-11(19)13(21)12(20)8-9/h7-8,10,19-21H,2-6H2,1H3/b16-15+. The molecule has 1 aromatic carbocycles. The molecule has 1 saturated carbocycles. The number of benzene rings is 1. The maximum Gasteiger partial charge on any atom is 0.203 e. The minimum Gasteiger partial charge on any atom is -0.504 e. The quantitative estimate of drug-likeness (QED) is 0.741. The Morgan fingerprint density at radius 2 is 1.77 bits per heavy atom. The second-order valence-electron chi connectivity index (χ2n) is 5.60. The number of rotatable bonds is 2. The van der Waals surface area contributed by atoms with Crippen LogP contribution in [0.4, 0.5) is 0 Å². The fourth-order valence-electron chi connectivity index (χ4n) is 2.67. The summed E-state index contributed by atoms with van der Waals surface area (Å²) in [5, 5.41) is 33.7. The lowest BCUT2D eigenvalue weighted by Gasteiger charge is -2.16. The Balaban J connectivity index is 1.96. The topological polar surface area (TPSA) is 90.9 Å². The molecule has 0 radical (unpaired) electrons. The molecule has 1 aliphatic rings. The van der Waals surface area contributed by atoms with Crippen LogP contribution in [0, 0.1) is 0 Å². The number of phenols is 3. The number of aromatic hydroxyl groups is 3. The van der Waals surface area contributed by atoms with E-state index in [2.05, 4.69) is 5.10 Å². The fraction of sp³-hybridized carbons (Fsp3) is 0.467. The van der Waals surface area contributed by atoms with Crippen LogP contribution < -0.4 is 4.80 Å². The summed E-state index contributed by atoms with van der Waals surface area (Å²) in [6, 6.07) is 3.13. The van der Waals surface area contributed by atoms with Gasteiger partial charge in [-0.15, -0.1) is 0 Å². The maximum atomic E-state index is 9.62. The number of hydrogen-bond acceptors (Lipinski definition) is 6. The van der Waals surface area contributed by atoms with Crippen LogP contribution in [0.5, 0.6) is 17.2 Å². The van der Waals surface area contributed by atoms with E-state index in [4.69, 9.17) is 4.99 Å². The lowest BCUT2D eigenvalue weighted by Crippen LogP contribution is -2.18. The normalized spacial score (nSPS) is 17.0. The van der Waals surface area contributed by atoms with E-state index in [-0.39, 0.29) is 11.5 Å². The van der Waals surface area contributed by atoms with Gasteiger partial charge >= 0.3 is 0 Å². The van der Waals surface area contributed by atoms with Crippen molar-refractivity contribution in [3.63, 3.8) is 0 Å². The second-order valence-corrected chi connectivity index (χ2v) is 6.55. The van der Waals surface area contributed by atoms with Crippen molar-refractivity contribution in [2.24, 2.45) is 12.0 Å². The van der Waals surface area contributed by atoms with Gasteiger partial charge in [-0.2, -0.15) is 5.10 Å². The van der Waals surface area contributed by atoms with Crippen molar-refractivity contribution in [3.8, 4) is 27.8 Å². The van der Waals surface area contributed by atoms with Gasteiger partial charge < -0.3 is 15.3 Å². The molecular weight excluding hydrogens is 302 g/mol. The average molecular weight is 321 g/mol. The van der Waals surface area contributed by atoms with Gasteiger partial charge in [0.05, 0.1) is 6.04 Å². The molecule has 0 spiro atoms. The first-order valence-corrected chi connectivity index (χ1v) is 8.19. The third-order valence-corrected chi connectivity index (χ3v) is 4.95. The summed E-state index contributed by atoms with van der Waals surface area (Å²) in [5.74, 6) is -1.24. The lowest BCUT2D eigenvalue weighted by atomic mass is 9.96. The molecule has 0 unspecified atom stereocenters. The molecule has 6 nitrogen and oxygen atoms in total. The van der Waals surface area contributed by atoms with Gasteiger partial charge in [-0.3, -0.25) is 4.99 Å². The van der Waals surface area contributed by atoms with E-state index in [0.29, 0.717) is 16.6 Å². The molecular formula is C15H19N3O3S. The zero-order valence-corrected chi connectivity index (χ0v) is 13.2. The van der Waals surface area contributed by atoms with Gasteiger partial charge in [-0.05, 0) is 25.0 Å². The van der Waals surface area contributed by atoms with Gasteiger partial charge in [0.2, 0.25) is 4.80 Å². The van der Waals surface area contributed by atoms with E-state index in [0.717, 1.165) is 17.6 Å². The summed E-state index contributed by atoms with van der Waals surface area (Å²) in [6.07, 6.45) is 5.98. The molecule has 1 aliphatic carbocycles. The molecule has 2 aromatic rings. The highest BCUT2D eigenvalue weighted by molar-refractivity contribution is 7.12. The molecule has 0 saturated heterocycles. The molecule has 7 heteroatoms. The van der Waals surface area contributed by atoms with E-state index in [1.807, 2.05) is 7.05 Å². The molecule has 118 valence electrons. The summed E-state index contributed by atoms with van der Waals surface area (Å²) in [7, 11) is 1.84. The van der Waals surface area contributed by atoms with Crippen LogP contribution in [0.25, 0.3) is 10.6 Å². The highest BCUT2D eigenvalue weighted by Gasteiger charge is 2.15. The monoisotopic (exact) mass is 321 g/mol. The van der Waals surface area contributed by atoms with Crippen molar-refractivity contribution >= 4 is 11.3 Å². The molecule has 0 atom stereocenters. The SMILES string of the molecule is Cn1nc(-c2cc(O)c(O)c(O)c2)s/c1=N/C1CCCCC1. The molecule has 3 rings (SSSR count). The third-order valence-electron chi connectivity index (χ3n) is 3.89. The number of aryl methyl sites for hydroxylation is 1. The van der Waals surface area contributed by atoms with E-state index in [1.54, 1.807) is 4.68 Å². The molecule has 1 fully saturated rings. The first-order chi connectivity index (χ1) is 10.5. The van der Waals surface area contributed by atoms with Crippen molar-refractivity contribution in [3.05, 3.63) is 16.9 Å². The second kappa shape index (κ2) is 6.00. The summed E-state index contributed by atoms with van der Waals surface area (Å²) in [6.45, 7) is 0. The van der Waals surface area contributed by atoms with Crippen molar-refractivity contribution < 1.29 is 15.3 Å². The van der Waals surface area contributed by atoms with Crippen molar-refractivity contribution in [2.75, 3.05) is 0 Å². The number of phenolic OH excluding ortho intramolecular Hbond substituents is 3. The number of hydrogen-bond donors (Lipinski definition) is 3. The Bertz CT molecular complexity index is 722. The highest BCUT2D eigenvalue weighted by atomic mass is 32.1. The Hall–Kier alpha value is -2.02. The van der Waals surface area contributed by atoms with Gasteiger partial charge in [0, 0.05) is 12.6 Å². The van der Waals surface area contributed by atoms with Gasteiger partial charge in [0.25, 0.3) is 0 Å². The van der Waals surface area contributed by atoms with Gasteiger partial charge in [0.1, 0.15) is 5.01 Å². The smallest absolute Gasteiger partial charge is 0.203 e. The van der Waals surface area contributed by atoms with E-state index < -0.39 is 5.75 Å². The Morgan fingerprint density at radius 1 is 1.14 bits per heavy atom. The molecule has 1 heterocycles. The van der Waals surface area contributed by atoms with Crippen LogP contribution in [-0.4, -0.2) is 31.1 Å². The maximum absolute atomic E-state index is 9.62. The van der Waals surface area contributed by atoms with E-state index in [1.165, 1.54) is 42.7 Å². The van der Waals surface area contributed by atoms with Crippen LogP contribution in [-0.2, 0) is 7.05 Å². The fourth-order valence-corrected chi connectivity index (χ4v) is 3.62. The van der Waals surface area contributed by atoms with E-state index >= 15 is 0 Å². The predicted octanol–water partition coefficient (Wildman–Crippen LogP) is 2.50. The molecule has 1 aromatic heterocycles. The molecule has 0 amide bonds. The van der Waals surface area contributed by atoms with Crippen LogP contribution in [0.15, 0.2) is 17.1 Å². The summed E-state index contributed by atoms with van der Waals surface area (Å²) < 4.78 is 1.72. The Morgan fingerprint density at radius 3 is 2.41 bits per heavy atom. The summed E-state index contributed by atoms with van der Waals surface area (Å²) in [4.78, 5) is 5.60. The van der Waals surface area contributed by atoms with Gasteiger partial charge in [-0.1, -0.05) is 30.6 Å². The zero-order chi connectivity index (χ0) is 15.7. The molecule has 0 bridgehead atoms. The third kappa shape index (κ3) is 2.94. The number of nitrogens with zero attached hydrogens (tertiary/aromatic N) is 3. The minimum atomic E-state index is -0.517. The lowest BCUT2D eigenvalue weighted by molar-refractivity contribution is 0.368. The van der Waals surface area contributed by atoms with Crippen molar-refractivity contribution in [2.45, 2.75) is 38.1 Å². The molecule has 22 heavy (non-hydrogen) atoms. The summed E-state index contributed by atoms with van der Waals surface area (Å²) in [5.41, 5.74) is 0.554. The Kier molecular flexibility index (Phi) is 4.06. The van der Waals surface area contributed by atoms with Crippen molar-refractivity contribution in [1.29, 1.82) is 0 Å². The molecule has 3 N–H and O–H groups in total. The Labute approximate surface area is 132 Å². The first kappa shape index (κ1) is 14.9. The highest BCUT2D eigenvalue weighted by Crippen LogP contribution is 2.38. The van der Waals surface area contributed by atoms with Crippen LogP contribution in [0.2, 0.25) is 0 Å². The number of aromatic nitrogens is 2. The van der Waals surface area contributed by atoms with Gasteiger partial charge in [-0.25, -0.2) is 4.68 Å². The van der Waals surface area contributed by atoms with Crippen molar-refractivity contribution in [1.82, 2.24) is 9.78 Å².